The molecule has 1 amide bonds. The molecule has 1 atom stereocenters. The molecule has 1 aromatic carbocycles. The Labute approximate surface area is 265 Å². The van der Waals surface area contributed by atoms with E-state index < -0.39 is 24.1 Å². The highest BCUT2D eigenvalue weighted by atomic mass is 35.5. The van der Waals surface area contributed by atoms with Crippen molar-refractivity contribution in [3.05, 3.63) is 74.9 Å². The molecule has 1 saturated heterocycles. The van der Waals surface area contributed by atoms with E-state index in [4.69, 9.17) is 21.3 Å². The predicted molar refractivity (Wildman–Crippen MR) is 172 cm³/mol. The first-order chi connectivity index (χ1) is 21.3. The number of aldehydes is 1. The lowest BCUT2D eigenvalue weighted by Gasteiger charge is -2.41. The third-order valence-electron chi connectivity index (χ3n) is 7.65. The number of anilines is 1. The molecule has 1 aliphatic heterocycles. The highest BCUT2D eigenvalue weighted by molar-refractivity contribution is 6.34. The van der Waals surface area contributed by atoms with Crippen LogP contribution in [0.5, 0.6) is 0 Å². The van der Waals surface area contributed by atoms with Crippen LogP contribution in [0.25, 0.3) is 28.0 Å². The number of piperazine rings is 1. The van der Waals surface area contributed by atoms with Gasteiger partial charge in [-0.2, -0.15) is 4.98 Å². The Hall–Kier alpha value is -4.38. The molecule has 0 unspecified atom stereocenters. The van der Waals surface area contributed by atoms with E-state index >= 15 is 0 Å². The summed E-state index contributed by atoms with van der Waals surface area (Å²) in [7, 11) is 0. The van der Waals surface area contributed by atoms with Crippen LogP contribution < -0.4 is 10.6 Å². The summed E-state index contributed by atoms with van der Waals surface area (Å²) < 4.78 is 21.4. The number of hydrogen-bond acceptors (Lipinski definition) is 8. The molecule has 0 saturated carbocycles. The Morgan fingerprint density at radius 3 is 2.56 bits per heavy atom. The minimum atomic E-state index is -0.842. The molecule has 5 rings (SSSR count). The van der Waals surface area contributed by atoms with E-state index in [-0.39, 0.29) is 39.6 Å². The molecule has 0 spiro atoms. The Bertz CT molecular complexity index is 1840. The van der Waals surface area contributed by atoms with Crippen molar-refractivity contribution >= 4 is 40.8 Å². The van der Waals surface area contributed by atoms with Crippen LogP contribution >= 0.6 is 11.6 Å². The van der Waals surface area contributed by atoms with E-state index in [1.165, 1.54) is 16.8 Å². The van der Waals surface area contributed by atoms with Gasteiger partial charge in [-0.3, -0.25) is 9.78 Å². The minimum Gasteiger partial charge on any atom is -0.444 e. The largest absolute Gasteiger partial charge is 0.444 e. The van der Waals surface area contributed by atoms with Crippen LogP contribution in [0.1, 0.15) is 69.1 Å². The molecule has 1 aliphatic rings. The number of carbonyl (C=O) groups is 2. The van der Waals surface area contributed by atoms with Crippen molar-refractivity contribution in [2.24, 2.45) is 0 Å². The van der Waals surface area contributed by atoms with E-state index in [2.05, 4.69) is 9.97 Å². The van der Waals surface area contributed by atoms with Crippen molar-refractivity contribution in [3.63, 3.8) is 0 Å². The lowest BCUT2D eigenvalue weighted by atomic mass is 10.0. The van der Waals surface area contributed by atoms with Crippen molar-refractivity contribution in [1.82, 2.24) is 24.4 Å². The molecule has 10 nitrogen and oxygen atoms in total. The lowest BCUT2D eigenvalue weighted by Crippen LogP contribution is -2.55. The van der Waals surface area contributed by atoms with Crippen LogP contribution in [0.15, 0.2) is 47.4 Å². The molecule has 0 radical (unpaired) electrons. The second-order valence-electron chi connectivity index (χ2n) is 12.4. The zero-order valence-corrected chi connectivity index (χ0v) is 26.9. The number of ether oxygens (including phenoxy) is 1. The van der Waals surface area contributed by atoms with Gasteiger partial charge in [-0.1, -0.05) is 49.7 Å². The van der Waals surface area contributed by atoms with E-state index in [9.17, 15) is 18.8 Å². The van der Waals surface area contributed by atoms with Crippen LogP contribution in [0.4, 0.5) is 15.0 Å². The number of benzene rings is 1. The van der Waals surface area contributed by atoms with Crippen molar-refractivity contribution in [1.29, 1.82) is 0 Å². The summed E-state index contributed by atoms with van der Waals surface area (Å²) >= 11 is 6.86. The maximum absolute atomic E-state index is 14.5. The van der Waals surface area contributed by atoms with E-state index in [0.717, 1.165) is 0 Å². The van der Waals surface area contributed by atoms with Crippen LogP contribution in [-0.2, 0) is 11.4 Å². The summed E-state index contributed by atoms with van der Waals surface area (Å²) in [6, 6.07) is 9.83. The zero-order chi connectivity index (χ0) is 32.6. The molecular formula is C33H36ClFN6O4. The number of rotatable bonds is 6. The van der Waals surface area contributed by atoms with Gasteiger partial charge < -0.3 is 14.5 Å². The van der Waals surface area contributed by atoms with Crippen LogP contribution in [-0.4, -0.2) is 68.1 Å². The zero-order valence-electron chi connectivity index (χ0n) is 26.2. The van der Waals surface area contributed by atoms with Gasteiger partial charge in [0.2, 0.25) is 0 Å². The van der Waals surface area contributed by atoms with Gasteiger partial charge in [0.1, 0.15) is 18.1 Å². The summed E-state index contributed by atoms with van der Waals surface area (Å²) in [5.74, 6) is 0.181. The fourth-order valence-electron chi connectivity index (χ4n) is 5.60. The van der Waals surface area contributed by atoms with Crippen molar-refractivity contribution < 1.29 is 18.7 Å². The number of hydrogen-bond donors (Lipinski definition) is 0. The summed E-state index contributed by atoms with van der Waals surface area (Å²) in [5, 5.41) is 0.693. The standard InChI is InChI=1S/C33H36ClFN6O4/c1-19(2)26-28(21(16-35)11-12-36-26)41-30-24(15-25(34)27(37-30)23-10-8-7-9-22(23)18-42)29(38-31(41)43)40-14-13-39(17-20(40)3)32(44)45-33(4,5)6/h7-12,15,18-20H,13-14,16-17H2,1-6H3/t20-/m0/s1. The number of halogens is 2. The molecule has 1 fully saturated rings. The molecule has 12 heteroatoms. The van der Waals surface area contributed by atoms with Gasteiger partial charge in [-0.05, 0) is 45.7 Å². The van der Waals surface area contributed by atoms with Gasteiger partial charge in [0.05, 0.1) is 27.5 Å². The summed E-state index contributed by atoms with van der Waals surface area (Å²) in [6.07, 6.45) is 1.82. The summed E-state index contributed by atoms with van der Waals surface area (Å²) in [4.78, 5) is 56.3. The topological polar surface area (TPSA) is 111 Å². The molecule has 0 aliphatic carbocycles. The number of carbonyl (C=O) groups excluding carboxylic acids is 2. The average Bonchev–Trinajstić information content (AvgIpc) is 2.99. The molecule has 3 aromatic heterocycles. The fraction of sp³-hybridized carbons (Fsp3) is 0.394. The molecule has 4 heterocycles. The van der Waals surface area contributed by atoms with E-state index in [0.29, 0.717) is 53.9 Å². The van der Waals surface area contributed by atoms with Crippen molar-refractivity contribution in [2.75, 3.05) is 24.5 Å². The first-order valence-electron chi connectivity index (χ1n) is 14.8. The van der Waals surface area contributed by atoms with Gasteiger partial charge >= 0.3 is 11.8 Å². The van der Waals surface area contributed by atoms with Crippen LogP contribution in [0.3, 0.4) is 0 Å². The molecule has 0 bridgehead atoms. The number of amides is 1. The number of aromatic nitrogens is 4. The Balaban J connectivity index is 1.75. The maximum atomic E-state index is 14.5. The number of fused-ring (bicyclic) bond motifs is 1. The Kier molecular flexibility index (Phi) is 8.93. The molecule has 0 N–H and O–H groups in total. The number of nitrogens with zero attached hydrogens (tertiary/aromatic N) is 6. The van der Waals surface area contributed by atoms with Gasteiger partial charge in [-0.15, -0.1) is 0 Å². The minimum absolute atomic E-state index is 0.156. The smallest absolute Gasteiger partial charge is 0.410 e. The Morgan fingerprint density at radius 1 is 1.18 bits per heavy atom. The average molecular weight is 635 g/mol. The molecule has 236 valence electrons. The van der Waals surface area contributed by atoms with Gasteiger partial charge in [0.15, 0.2) is 11.9 Å². The monoisotopic (exact) mass is 634 g/mol. The molecular weight excluding hydrogens is 599 g/mol. The van der Waals surface area contributed by atoms with Crippen molar-refractivity contribution in [2.45, 2.75) is 65.8 Å². The molecule has 45 heavy (non-hydrogen) atoms. The predicted octanol–water partition coefficient (Wildman–Crippen LogP) is 6.35. The normalized spacial score (nSPS) is 15.5. The third kappa shape index (κ3) is 6.26. The first kappa shape index (κ1) is 32.0. The van der Waals surface area contributed by atoms with Gasteiger partial charge in [0.25, 0.3) is 0 Å². The van der Waals surface area contributed by atoms with Crippen LogP contribution in [0.2, 0.25) is 5.02 Å². The lowest BCUT2D eigenvalue weighted by molar-refractivity contribution is 0.0218. The van der Waals surface area contributed by atoms with Crippen molar-refractivity contribution in [3.8, 4) is 16.9 Å². The summed E-state index contributed by atoms with van der Waals surface area (Å²) in [6.45, 7) is 11.4. The van der Waals surface area contributed by atoms with E-state index in [1.54, 1.807) is 35.2 Å². The second-order valence-corrected chi connectivity index (χ2v) is 12.8. The highest BCUT2D eigenvalue weighted by Gasteiger charge is 2.33. The fourth-order valence-corrected chi connectivity index (χ4v) is 5.85. The quantitative estimate of drug-likeness (QED) is 0.226. The van der Waals surface area contributed by atoms with E-state index in [1.807, 2.05) is 46.4 Å². The van der Waals surface area contributed by atoms with Crippen LogP contribution in [0, 0.1) is 0 Å². The van der Waals surface area contributed by atoms with Gasteiger partial charge in [0, 0.05) is 48.6 Å². The number of pyridine rings is 2. The first-order valence-corrected chi connectivity index (χ1v) is 15.2. The summed E-state index contributed by atoms with van der Waals surface area (Å²) in [5.41, 5.74) is 1.07. The van der Waals surface area contributed by atoms with Gasteiger partial charge in [-0.25, -0.2) is 23.5 Å². The number of alkyl halides is 1. The molecule has 4 aromatic rings. The Morgan fingerprint density at radius 2 is 1.91 bits per heavy atom. The SMILES string of the molecule is CC(C)c1nccc(CF)c1-n1c(=O)nc(N2CCN(C(=O)OC(C)(C)C)C[C@@H]2C)c2cc(Cl)c(-c3ccccc3C=O)nc21. The third-order valence-corrected chi connectivity index (χ3v) is 7.93. The highest BCUT2D eigenvalue weighted by Crippen LogP contribution is 2.36. The maximum Gasteiger partial charge on any atom is 0.410 e. The second kappa shape index (κ2) is 12.5.